The zero-order valence-corrected chi connectivity index (χ0v) is 12.6. The third-order valence-corrected chi connectivity index (χ3v) is 4.09. The van der Waals surface area contributed by atoms with E-state index in [2.05, 4.69) is 15.0 Å². The molecule has 2 heterocycles. The monoisotopic (exact) mass is 304 g/mol. The average Bonchev–Trinajstić information content (AvgIpc) is 3.04. The Morgan fingerprint density at radius 2 is 2.18 bits per heavy atom. The van der Waals surface area contributed by atoms with Crippen LogP contribution in [0.2, 0.25) is 0 Å². The second kappa shape index (κ2) is 7.35. The molecule has 0 aliphatic carbocycles. The number of aromatic nitrogens is 3. The number of para-hydroxylation sites is 1. The van der Waals surface area contributed by atoms with Gasteiger partial charge >= 0.3 is 0 Å². The molecule has 0 radical (unpaired) electrons. The van der Waals surface area contributed by atoms with Crippen molar-refractivity contribution in [3.8, 4) is 5.75 Å². The maximum absolute atomic E-state index is 13.5. The molecule has 1 unspecified atom stereocenters. The van der Waals surface area contributed by atoms with Crippen molar-refractivity contribution in [2.24, 2.45) is 0 Å². The van der Waals surface area contributed by atoms with Crippen molar-refractivity contribution in [2.75, 3.05) is 19.7 Å². The molecule has 1 fully saturated rings. The zero-order valence-electron chi connectivity index (χ0n) is 12.6. The van der Waals surface area contributed by atoms with Crippen molar-refractivity contribution in [3.63, 3.8) is 0 Å². The summed E-state index contributed by atoms with van der Waals surface area (Å²) in [6.07, 6.45) is 6.91. The Bertz CT molecular complexity index is 575. The van der Waals surface area contributed by atoms with Gasteiger partial charge in [-0.15, -0.1) is 0 Å². The average molecular weight is 304 g/mol. The van der Waals surface area contributed by atoms with E-state index < -0.39 is 0 Å². The fraction of sp³-hybridized carbons (Fsp3) is 0.500. The maximum Gasteiger partial charge on any atom is 0.165 e. The molecule has 1 aromatic heterocycles. The van der Waals surface area contributed by atoms with Gasteiger partial charge in [0.05, 0.1) is 6.54 Å². The third-order valence-electron chi connectivity index (χ3n) is 4.09. The Hall–Kier alpha value is -1.95. The van der Waals surface area contributed by atoms with Crippen LogP contribution in [0.5, 0.6) is 5.75 Å². The van der Waals surface area contributed by atoms with Gasteiger partial charge in [0.25, 0.3) is 0 Å². The molecule has 118 valence electrons. The first-order chi connectivity index (χ1) is 10.8. The first kappa shape index (κ1) is 15.0. The normalized spacial score (nSPS) is 19.2. The first-order valence-corrected chi connectivity index (χ1v) is 7.77. The quantitative estimate of drug-likeness (QED) is 0.821. The summed E-state index contributed by atoms with van der Waals surface area (Å²) in [6.45, 7) is 3.20. The zero-order chi connectivity index (χ0) is 15.2. The summed E-state index contributed by atoms with van der Waals surface area (Å²) in [5.74, 6) is 0.0210. The number of piperidine rings is 1. The van der Waals surface area contributed by atoms with Gasteiger partial charge in [-0.2, -0.15) is 5.10 Å². The lowest BCUT2D eigenvalue weighted by molar-refractivity contribution is 0.108. The Balaban J connectivity index is 1.52. The van der Waals surface area contributed by atoms with Crippen LogP contribution in [0.3, 0.4) is 0 Å². The van der Waals surface area contributed by atoms with Crippen LogP contribution in [0.25, 0.3) is 0 Å². The number of halogens is 1. The molecule has 5 nitrogen and oxygen atoms in total. The first-order valence-electron chi connectivity index (χ1n) is 7.77. The minimum absolute atomic E-state index is 0.305. The fourth-order valence-electron chi connectivity index (χ4n) is 2.94. The Morgan fingerprint density at radius 3 is 3.00 bits per heavy atom. The highest BCUT2D eigenvalue weighted by molar-refractivity contribution is 5.23. The summed E-state index contributed by atoms with van der Waals surface area (Å²) in [5.41, 5.74) is 0. The lowest BCUT2D eigenvalue weighted by atomic mass is 10.0. The fourth-order valence-corrected chi connectivity index (χ4v) is 2.94. The molecule has 0 bridgehead atoms. The topological polar surface area (TPSA) is 43.2 Å². The minimum Gasteiger partial charge on any atom is -0.489 e. The van der Waals surface area contributed by atoms with Gasteiger partial charge < -0.3 is 4.74 Å². The molecule has 0 N–H and O–H groups in total. The van der Waals surface area contributed by atoms with Crippen LogP contribution >= 0.6 is 0 Å². The van der Waals surface area contributed by atoms with Crippen molar-refractivity contribution in [2.45, 2.75) is 31.8 Å². The molecular weight excluding hydrogens is 283 g/mol. The molecule has 22 heavy (non-hydrogen) atoms. The summed E-state index contributed by atoms with van der Waals surface area (Å²) in [6, 6.07) is 6.98. The van der Waals surface area contributed by atoms with Gasteiger partial charge in [0.1, 0.15) is 19.3 Å². The molecule has 1 aromatic carbocycles. The SMILES string of the molecule is Fc1ccccc1OCCN1CCCCC1Cn1cncn1. The standard InChI is InChI=1S/C16H21FN4O/c17-15-6-1-2-7-16(15)22-10-9-20-8-4-3-5-14(20)11-21-13-18-12-19-21/h1-2,6-7,12-14H,3-5,8-11H2. The van der Waals surface area contributed by atoms with Crippen LogP contribution in [0.4, 0.5) is 4.39 Å². The van der Waals surface area contributed by atoms with E-state index >= 15 is 0 Å². The highest BCUT2D eigenvalue weighted by atomic mass is 19.1. The summed E-state index contributed by atoms with van der Waals surface area (Å²) in [5, 5.41) is 4.18. The summed E-state index contributed by atoms with van der Waals surface area (Å²) < 4.78 is 21.0. The highest BCUT2D eigenvalue weighted by Crippen LogP contribution is 2.19. The molecule has 0 spiro atoms. The Morgan fingerprint density at radius 1 is 1.27 bits per heavy atom. The molecule has 0 saturated carbocycles. The van der Waals surface area contributed by atoms with Gasteiger partial charge in [-0.1, -0.05) is 18.6 Å². The third kappa shape index (κ3) is 3.82. The predicted octanol–water partition coefficient (Wildman–Crippen LogP) is 2.35. The van der Waals surface area contributed by atoms with E-state index in [1.807, 2.05) is 4.68 Å². The smallest absolute Gasteiger partial charge is 0.165 e. The Labute approximate surface area is 129 Å². The lowest BCUT2D eigenvalue weighted by Gasteiger charge is -2.35. The van der Waals surface area contributed by atoms with Gasteiger partial charge in [0.15, 0.2) is 11.6 Å². The number of benzene rings is 1. The molecule has 6 heteroatoms. The second-order valence-electron chi connectivity index (χ2n) is 5.58. The van der Waals surface area contributed by atoms with Crippen LogP contribution in [0.1, 0.15) is 19.3 Å². The summed E-state index contributed by atoms with van der Waals surface area (Å²) in [4.78, 5) is 6.40. The Kier molecular flexibility index (Phi) is 5.00. The molecule has 0 amide bonds. The van der Waals surface area contributed by atoms with Gasteiger partial charge in [0.2, 0.25) is 0 Å². The van der Waals surface area contributed by atoms with Crippen LogP contribution in [0, 0.1) is 5.82 Å². The second-order valence-corrected chi connectivity index (χ2v) is 5.58. The number of hydrogen-bond donors (Lipinski definition) is 0. The number of nitrogens with zero attached hydrogens (tertiary/aromatic N) is 4. The van der Waals surface area contributed by atoms with Gasteiger partial charge in [-0.05, 0) is 31.5 Å². The van der Waals surface area contributed by atoms with E-state index in [-0.39, 0.29) is 5.82 Å². The molecule has 1 saturated heterocycles. The van der Waals surface area contributed by atoms with Crippen LogP contribution in [-0.2, 0) is 6.54 Å². The molecule has 1 aliphatic rings. The van der Waals surface area contributed by atoms with Gasteiger partial charge in [-0.3, -0.25) is 9.58 Å². The van der Waals surface area contributed by atoms with Crippen LogP contribution in [-0.4, -0.2) is 45.4 Å². The number of ether oxygens (including phenoxy) is 1. The maximum atomic E-state index is 13.5. The minimum atomic E-state index is -0.305. The molecular formula is C16H21FN4O. The molecule has 1 aliphatic heterocycles. The number of likely N-dealkylation sites (tertiary alicyclic amines) is 1. The largest absolute Gasteiger partial charge is 0.489 e. The summed E-state index contributed by atoms with van der Waals surface area (Å²) in [7, 11) is 0. The van der Waals surface area contributed by atoms with Gasteiger partial charge in [-0.25, -0.2) is 9.37 Å². The van der Waals surface area contributed by atoms with E-state index in [9.17, 15) is 4.39 Å². The van der Waals surface area contributed by atoms with Gasteiger partial charge in [0, 0.05) is 12.6 Å². The van der Waals surface area contributed by atoms with Crippen molar-refractivity contribution < 1.29 is 9.13 Å². The van der Waals surface area contributed by atoms with Crippen molar-refractivity contribution in [3.05, 3.63) is 42.7 Å². The van der Waals surface area contributed by atoms with Crippen molar-refractivity contribution in [1.29, 1.82) is 0 Å². The van der Waals surface area contributed by atoms with E-state index in [0.717, 1.165) is 26.1 Å². The molecule has 1 atom stereocenters. The lowest BCUT2D eigenvalue weighted by Crippen LogP contribution is -2.44. The number of rotatable bonds is 6. The van der Waals surface area contributed by atoms with E-state index in [4.69, 9.17) is 4.74 Å². The summed E-state index contributed by atoms with van der Waals surface area (Å²) >= 11 is 0. The van der Waals surface area contributed by atoms with Crippen molar-refractivity contribution >= 4 is 0 Å². The predicted molar refractivity (Wildman–Crippen MR) is 81.1 cm³/mol. The van der Waals surface area contributed by atoms with Crippen LogP contribution in [0.15, 0.2) is 36.9 Å². The number of hydrogen-bond acceptors (Lipinski definition) is 4. The highest BCUT2D eigenvalue weighted by Gasteiger charge is 2.22. The van der Waals surface area contributed by atoms with E-state index in [1.54, 1.807) is 30.9 Å². The van der Waals surface area contributed by atoms with Crippen molar-refractivity contribution in [1.82, 2.24) is 19.7 Å². The van der Waals surface area contributed by atoms with E-state index in [0.29, 0.717) is 18.4 Å². The molecule has 3 rings (SSSR count). The van der Waals surface area contributed by atoms with E-state index in [1.165, 1.54) is 18.9 Å². The van der Waals surface area contributed by atoms with Crippen LogP contribution < -0.4 is 4.74 Å². The molecule has 2 aromatic rings.